The van der Waals surface area contributed by atoms with Gasteiger partial charge in [0.15, 0.2) is 0 Å². The molecule has 1 amide bonds. The topological polar surface area (TPSA) is 126 Å². The van der Waals surface area contributed by atoms with Crippen molar-refractivity contribution in [3.05, 3.63) is 81.3 Å². The van der Waals surface area contributed by atoms with Crippen molar-refractivity contribution in [2.75, 3.05) is 35.8 Å². The standard InChI is InChI=1S/C24H26N4O6S/c1-16-4-6-21(17(2)14-16)25-35(32,33)19-5-7-22(23(15-19)28(30)31)26-9-11-27(12-10-26)24(29)20-8-13-34-18(20)3/h4-8,13-15,25H,9-12H2,1-3H3. The summed E-state index contributed by atoms with van der Waals surface area (Å²) in [7, 11) is -4.04. The van der Waals surface area contributed by atoms with Gasteiger partial charge in [-0.2, -0.15) is 0 Å². The van der Waals surface area contributed by atoms with Crippen LogP contribution in [0.5, 0.6) is 0 Å². The highest BCUT2D eigenvalue weighted by Crippen LogP contribution is 2.32. The SMILES string of the molecule is Cc1ccc(NS(=O)(=O)c2ccc(N3CCN(C(=O)c4ccoc4C)CC3)c([N+](=O)[O-])c2)c(C)c1. The number of carbonyl (C=O) groups is 1. The number of hydrogen-bond acceptors (Lipinski definition) is 7. The van der Waals surface area contributed by atoms with Gasteiger partial charge in [0, 0.05) is 32.2 Å². The van der Waals surface area contributed by atoms with Gasteiger partial charge in [0.2, 0.25) is 0 Å². The Morgan fingerprint density at radius 2 is 1.74 bits per heavy atom. The number of amides is 1. The van der Waals surface area contributed by atoms with Gasteiger partial charge < -0.3 is 14.2 Å². The number of furan rings is 1. The molecule has 1 aliphatic rings. The highest BCUT2D eigenvalue weighted by atomic mass is 32.2. The number of nitro groups is 1. The number of aryl methyl sites for hydroxylation is 3. The lowest BCUT2D eigenvalue weighted by Crippen LogP contribution is -2.49. The summed E-state index contributed by atoms with van der Waals surface area (Å²) in [5.41, 5.74) is 2.65. The quantitative estimate of drug-likeness (QED) is 0.404. The van der Waals surface area contributed by atoms with Gasteiger partial charge in [-0.25, -0.2) is 8.42 Å². The van der Waals surface area contributed by atoms with E-state index in [2.05, 4.69) is 4.72 Å². The molecule has 0 aliphatic carbocycles. The monoisotopic (exact) mass is 498 g/mol. The predicted molar refractivity (Wildman–Crippen MR) is 131 cm³/mol. The van der Waals surface area contributed by atoms with Crippen LogP contribution in [0.2, 0.25) is 0 Å². The van der Waals surface area contributed by atoms with Crippen LogP contribution in [0.4, 0.5) is 17.1 Å². The minimum absolute atomic E-state index is 0.149. The minimum Gasteiger partial charge on any atom is -0.469 e. The van der Waals surface area contributed by atoms with Crippen LogP contribution in [0.1, 0.15) is 27.2 Å². The number of benzene rings is 2. The maximum absolute atomic E-state index is 13.0. The molecule has 1 N–H and O–H groups in total. The van der Waals surface area contributed by atoms with Crippen LogP contribution in [0.15, 0.2) is 58.0 Å². The number of carbonyl (C=O) groups excluding carboxylic acids is 1. The number of sulfonamides is 1. The van der Waals surface area contributed by atoms with Crippen molar-refractivity contribution in [3.63, 3.8) is 0 Å². The van der Waals surface area contributed by atoms with Crippen molar-refractivity contribution in [1.82, 2.24) is 4.90 Å². The molecule has 10 nitrogen and oxygen atoms in total. The van der Waals surface area contributed by atoms with E-state index in [0.717, 1.165) is 17.2 Å². The van der Waals surface area contributed by atoms with E-state index in [-0.39, 0.29) is 16.5 Å². The second-order valence-electron chi connectivity index (χ2n) is 8.50. The number of hydrogen-bond donors (Lipinski definition) is 1. The third-order valence-corrected chi connectivity index (χ3v) is 7.44. The molecule has 1 aliphatic heterocycles. The fourth-order valence-corrected chi connectivity index (χ4v) is 5.29. The number of nitrogens with zero attached hydrogens (tertiary/aromatic N) is 3. The fraction of sp³-hybridized carbons (Fsp3) is 0.292. The van der Waals surface area contributed by atoms with Gasteiger partial charge in [0.1, 0.15) is 11.4 Å². The molecule has 2 heterocycles. The third-order valence-electron chi connectivity index (χ3n) is 6.08. The predicted octanol–water partition coefficient (Wildman–Crippen LogP) is 3.88. The lowest BCUT2D eigenvalue weighted by molar-refractivity contribution is -0.384. The van der Waals surface area contributed by atoms with E-state index in [1.165, 1.54) is 18.4 Å². The Kier molecular flexibility index (Phi) is 6.53. The molecule has 35 heavy (non-hydrogen) atoms. The average Bonchev–Trinajstić information content (AvgIpc) is 3.26. The summed E-state index contributed by atoms with van der Waals surface area (Å²) in [5, 5.41) is 11.8. The van der Waals surface area contributed by atoms with Crippen LogP contribution in [-0.4, -0.2) is 50.3 Å². The Morgan fingerprint density at radius 3 is 2.34 bits per heavy atom. The molecule has 0 radical (unpaired) electrons. The van der Waals surface area contributed by atoms with Crippen LogP contribution in [0.25, 0.3) is 0 Å². The number of nitrogens with one attached hydrogen (secondary N) is 1. The number of anilines is 2. The second kappa shape index (κ2) is 9.41. The van der Waals surface area contributed by atoms with Crippen molar-refractivity contribution < 1.29 is 22.6 Å². The van der Waals surface area contributed by atoms with E-state index < -0.39 is 14.9 Å². The average molecular weight is 499 g/mol. The zero-order valence-electron chi connectivity index (χ0n) is 19.6. The molecule has 0 bridgehead atoms. The van der Waals surface area contributed by atoms with Gasteiger partial charge in [0.05, 0.1) is 27.3 Å². The molecular weight excluding hydrogens is 472 g/mol. The molecule has 0 unspecified atom stereocenters. The van der Waals surface area contributed by atoms with E-state index in [1.54, 1.807) is 41.8 Å². The van der Waals surface area contributed by atoms with Gasteiger partial charge in [0.25, 0.3) is 21.6 Å². The molecule has 2 aromatic carbocycles. The first-order valence-electron chi connectivity index (χ1n) is 11.0. The normalized spacial score (nSPS) is 14.1. The van der Waals surface area contributed by atoms with E-state index in [0.29, 0.717) is 48.9 Å². The summed E-state index contributed by atoms with van der Waals surface area (Å²) in [6, 6.07) is 10.8. The molecule has 0 spiro atoms. The van der Waals surface area contributed by atoms with Gasteiger partial charge >= 0.3 is 0 Å². The van der Waals surface area contributed by atoms with Crippen LogP contribution >= 0.6 is 0 Å². The van der Waals surface area contributed by atoms with Gasteiger partial charge in [-0.1, -0.05) is 17.7 Å². The molecule has 184 valence electrons. The maximum atomic E-state index is 13.0. The largest absolute Gasteiger partial charge is 0.469 e. The van der Waals surface area contributed by atoms with Gasteiger partial charge in [-0.3, -0.25) is 19.6 Å². The maximum Gasteiger partial charge on any atom is 0.293 e. The first kappa shape index (κ1) is 24.3. The summed E-state index contributed by atoms with van der Waals surface area (Å²) < 4.78 is 33.6. The van der Waals surface area contributed by atoms with E-state index >= 15 is 0 Å². The highest BCUT2D eigenvalue weighted by Gasteiger charge is 2.29. The highest BCUT2D eigenvalue weighted by molar-refractivity contribution is 7.92. The summed E-state index contributed by atoms with van der Waals surface area (Å²) >= 11 is 0. The molecular formula is C24H26N4O6S. The third kappa shape index (κ3) is 4.99. The lowest BCUT2D eigenvalue weighted by atomic mass is 10.1. The lowest BCUT2D eigenvalue weighted by Gasteiger charge is -2.35. The molecule has 3 aromatic rings. The Hall–Kier alpha value is -3.86. The molecule has 11 heteroatoms. The van der Waals surface area contributed by atoms with Crippen LogP contribution in [0.3, 0.4) is 0 Å². The van der Waals surface area contributed by atoms with Gasteiger partial charge in [-0.05, 0) is 50.6 Å². The summed E-state index contributed by atoms with van der Waals surface area (Å²) in [6.45, 7) is 6.89. The van der Waals surface area contributed by atoms with Crippen molar-refractivity contribution in [3.8, 4) is 0 Å². The summed E-state index contributed by atoms with van der Waals surface area (Å²) in [5.74, 6) is 0.392. The van der Waals surface area contributed by atoms with Crippen LogP contribution < -0.4 is 9.62 Å². The number of piperazine rings is 1. The zero-order chi connectivity index (χ0) is 25.3. The van der Waals surface area contributed by atoms with Crippen molar-refractivity contribution in [2.24, 2.45) is 0 Å². The fourth-order valence-electron chi connectivity index (χ4n) is 4.14. The molecule has 1 fully saturated rings. The first-order valence-corrected chi connectivity index (χ1v) is 12.5. The molecule has 1 saturated heterocycles. The summed E-state index contributed by atoms with van der Waals surface area (Å²) in [4.78, 5) is 27.2. The van der Waals surface area contributed by atoms with Crippen molar-refractivity contribution in [2.45, 2.75) is 25.7 Å². The molecule has 0 atom stereocenters. The number of rotatable bonds is 6. The Balaban J connectivity index is 1.54. The molecule has 4 rings (SSSR count). The van der Waals surface area contributed by atoms with E-state index in [4.69, 9.17) is 4.42 Å². The van der Waals surface area contributed by atoms with Crippen LogP contribution in [0, 0.1) is 30.9 Å². The van der Waals surface area contributed by atoms with Gasteiger partial charge in [-0.15, -0.1) is 0 Å². The Bertz CT molecular complexity index is 1390. The number of nitro benzene ring substituents is 1. The smallest absolute Gasteiger partial charge is 0.293 e. The molecule has 1 aromatic heterocycles. The Morgan fingerprint density at radius 1 is 1.03 bits per heavy atom. The zero-order valence-corrected chi connectivity index (χ0v) is 20.5. The Labute approximate surface area is 203 Å². The first-order chi connectivity index (χ1) is 16.6. The van der Waals surface area contributed by atoms with Crippen molar-refractivity contribution in [1.29, 1.82) is 0 Å². The summed E-state index contributed by atoms with van der Waals surface area (Å²) in [6.07, 6.45) is 1.47. The van der Waals surface area contributed by atoms with E-state index in [1.807, 2.05) is 13.0 Å². The van der Waals surface area contributed by atoms with Crippen LogP contribution in [-0.2, 0) is 10.0 Å². The molecule has 0 saturated carbocycles. The minimum atomic E-state index is -4.04. The second-order valence-corrected chi connectivity index (χ2v) is 10.2. The van der Waals surface area contributed by atoms with E-state index in [9.17, 15) is 23.3 Å². The van der Waals surface area contributed by atoms with Crippen molar-refractivity contribution >= 4 is 33.0 Å².